The molecule has 5 aliphatic rings. The lowest BCUT2D eigenvalue weighted by atomic mass is 10.00. The second-order valence-electron chi connectivity index (χ2n) is 12.9. The van der Waals surface area contributed by atoms with E-state index in [1.807, 2.05) is 56.3 Å². The topological polar surface area (TPSA) is 110 Å². The zero-order valence-corrected chi connectivity index (χ0v) is 26.5. The van der Waals surface area contributed by atoms with Gasteiger partial charge in [0.05, 0.1) is 51.2 Å². The van der Waals surface area contributed by atoms with Crippen LogP contribution < -0.4 is 14.8 Å². The Balaban J connectivity index is 1.25. The van der Waals surface area contributed by atoms with Crippen molar-refractivity contribution in [2.45, 2.75) is 69.9 Å². The summed E-state index contributed by atoms with van der Waals surface area (Å²) in [5.74, 6) is 1.49. The molecule has 2 aromatic carbocycles. The van der Waals surface area contributed by atoms with Gasteiger partial charge >= 0.3 is 0 Å². The summed E-state index contributed by atoms with van der Waals surface area (Å²) in [7, 11) is 1.60. The van der Waals surface area contributed by atoms with Crippen LogP contribution in [0.25, 0.3) is 0 Å². The molecule has 242 valence electrons. The number of aryl methyl sites for hydroxylation is 1. The highest BCUT2D eigenvalue weighted by molar-refractivity contribution is 5.87. The molecule has 1 aliphatic carbocycles. The van der Waals surface area contributed by atoms with Gasteiger partial charge in [0.1, 0.15) is 5.75 Å². The van der Waals surface area contributed by atoms with Crippen LogP contribution in [0.3, 0.4) is 0 Å². The Morgan fingerprint density at radius 3 is 2.56 bits per heavy atom. The van der Waals surface area contributed by atoms with Crippen molar-refractivity contribution >= 4 is 17.7 Å². The molecule has 0 aromatic heterocycles. The molecule has 4 heterocycles. The lowest BCUT2D eigenvalue weighted by molar-refractivity contribution is -0.145. The predicted octanol–water partition coefficient (Wildman–Crippen LogP) is 2.75. The number of likely N-dealkylation sites (tertiary alicyclic amines) is 1. The van der Waals surface area contributed by atoms with E-state index in [1.165, 1.54) is 0 Å². The van der Waals surface area contributed by atoms with Crippen LogP contribution in [0.1, 0.15) is 44.2 Å². The van der Waals surface area contributed by atoms with Gasteiger partial charge in [0, 0.05) is 38.6 Å². The van der Waals surface area contributed by atoms with Gasteiger partial charge in [-0.25, -0.2) is 0 Å². The van der Waals surface area contributed by atoms with Gasteiger partial charge < -0.3 is 34.1 Å². The Labute approximate surface area is 264 Å². The lowest BCUT2D eigenvalue weighted by Gasteiger charge is -2.41. The van der Waals surface area contributed by atoms with Crippen molar-refractivity contribution in [3.05, 3.63) is 53.6 Å². The first kappa shape index (κ1) is 31.3. The average molecular weight is 621 g/mol. The van der Waals surface area contributed by atoms with Crippen molar-refractivity contribution in [3.63, 3.8) is 0 Å². The first-order chi connectivity index (χ1) is 21.7. The highest BCUT2D eigenvalue weighted by Gasteiger charge is 2.45. The van der Waals surface area contributed by atoms with Crippen LogP contribution >= 0.6 is 0 Å². The fourth-order valence-electron chi connectivity index (χ4n) is 6.48. The van der Waals surface area contributed by atoms with Crippen molar-refractivity contribution in [2.24, 2.45) is 0 Å². The van der Waals surface area contributed by atoms with Crippen LogP contribution in [0.4, 0.5) is 0 Å². The Morgan fingerprint density at radius 2 is 1.80 bits per heavy atom. The number of nitrogens with one attached hydrogen (secondary N) is 1. The third kappa shape index (κ3) is 7.26. The summed E-state index contributed by atoms with van der Waals surface area (Å²) in [5, 5.41) is 3.13. The Bertz CT molecular complexity index is 1400. The highest BCUT2D eigenvalue weighted by Crippen LogP contribution is 2.34. The number of morpholine rings is 1. The minimum absolute atomic E-state index is 0.00554. The van der Waals surface area contributed by atoms with Gasteiger partial charge in [-0.1, -0.05) is 18.2 Å². The maximum absolute atomic E-state index is 13.9. The molecule has 7 rings (SSSR count). The van der Waals surface area contributed by atoms with E-state index in [-0.39, 0.29) is 43.3 Å². The smallest absolute Gasteiger partial charge is 0.242 e. The third-order valence-electron chi connectivity index (χ3n) is 9.29. The molecule has 4 aliphatic heterocycles. The molecule has 3 fully saturated rings. The maximum Gasteiger partial charge on any atom is 0.242 e. The number of benzene rings is 2. The number of hydrogen-bond donors (Lipinski definition) is 1. The van der Waals surface area contributed by atoms with E-state index >= 15 is 0 Å². The standard InChI is InChI=1S/C34H44N4O7/c1-34(2,37-13-15-43-16-14-37)33(41)36-19-27-30(20-36)44-22-24-5-4-6-26(17-24)45-28-11-7-23(18-29(28)42-3)8-12-32(40)38(25-9-10-25)21-31(39)35-27/h4-7,11,17-18,25,27,30H,8-10,12-16,19-22H2,1-3H3,(H,35,39)/t27-,30-/m0/s1. The molecule has 0 radical (unpaired) electrons. The molecule has 2 atom stereocenters. The second-order valence-corrected chi connectivity index (χ2v) is 12.9. The van der Waals surface area contributed by atoms with Crippen molar-refractivity contribution < 1.29 is 33.3 Å². The van der Waals surface area contributed by atoms with Crippen LogP contribution in [-0.2, 0) is 36.9 Å². The first-order valence-electron chi connectivity index (χ1n) is 16.0. The molecule has 2 aromatic rings. The Hall–Kier alpha value is -3.67. The maximum atomic E-state index is 13.9. The SMILES string of the molecule is COc1cc2ccc1Oc1cccc(c1)CO[C@H]1CN(C(=O)C(C)(C)N3CCOCC3)C[C@@H]1NC(=O)CN(C1CC1)C(=O)CC2. The number of methoxy groups -OCH3 is 1. The summed E-state index contributed by atoms with van der Waals surface area (Å²) in [4.78, 5) is 46.4. The van der Waals surface area contributed by atoms with Crippen molar-refractivity contribution in [1.29, 1.82) is 0 Å². The zero-order chi connectivity index (χ0) is 31.6. The number of carbonyl (C=O) groups is 3. The molecule has 45 heavy (non-hydrogen) atoms. The molecule has 1 N–H and O–H groups in total. The van der Waals surface area contributed by atoms with E-state index in [2.05, 4.69) is 10.2 Å². The van der Waals surface area contributed by atoms with Crippen molar-refractivity contribution in [1.82, 2.24) is 20.0 Å². The minimum atomic E-state index is -0.724. The van der Waals surface area contributed by atoms with Gasteiger partial charge in [-0.3, -0.25) is 19.3 Å². The Kier molecular flexibility index (Phi) is 9.30. The lowest BCUT2D eigenvalue weighted by Crippen LogP contribution is -2.58. The van der Waals surface area contributed by atoms with Gasteiger partial charge in [-0.2, -0.15) is 0 Å². The van der Waals surface area contributed by atoms with Crippen LogP contribution in [0, 0.1) is 0 Å². The summed E-state index contributed by atoms with van der Waals surface area (Å²) in [6.07, 6.45) is 2.16. The summed E-state index contributed by atoms with van der Waals surface area (Å²) >= 11 is 0. The van der Waals surface area contributed by atoms with E-state index in [9.17, 15) is 14.4 Å². The molecule has 0 spiro atoms. The highest BCUT2D eigenvalue weighted by atomic mass is 16.5. The fraction of sp³-hybridized carbons (Fsp3) is 0.559. The van der Waals surface area contributed by atoms with E-state index in [4.69, 9.17) is 18.9 Å². The molecule has 1 saturated carbocycles. The molecule has 3 amide bonds. The van der Waals surface area contributed by atoms with E-state index in [1.54, 1.807) is 16.9 Å². The molecule has 11 heteroatoms. The van der Waals surface area contributed by atoms with Gasteiger partial charge in [0.15, 0.2) is 11.5 Å². The molecule has 2 saturated heterocycles. The summed E-state index contributed by atoms with van der Waals surface area (Å²) in [5.41, 5.74) is 1.12. The summed E-state index contributed by atoms with van der Waals surface area (Å²) < 4.78 is 23.8. The monoisotopic (exact) mass is 620 g/mol. The van der Waals surface area contributed by atoms with E-state index in [0.717, 1.165) is 24.0 Å². The second kappa shape index (κ2) is 13.4. The van der Waals surface area contributed by atoms with Crippen molar-refractivity contribution in [3.8, 4) is 17.2 Å². The molecule has 11 nitrogen and oxygen atoms in total. The van der Waals surface area contributed by atoms with Gasteiger partial charge in [0.25, 0.3) is 0 Å². The van der Waals surface area contributed by atoms with Crippen LogP contribution in [-0.4, -0.2) is 109 Å². The molecular weight excluding hydrogens is 576 g/mol. The van der Waals surface area contributed by atoms with Crippen LogP contribution in [0.2, 0.25) is 0 Å². The summed E-state index contributed by atoms with van der Waals surface area (Å²) in [6, 6.07) is 13.0. The number of amides is 3. The summed E-state index contributed by atoms with van der Waals surface area (Å²) in [6.45, 7) is 7.39. The average Bonchev–Trinajstić information content (AvgIpc) is 3.82. The minimum Gasteiger partial charge on any atom is -0.493 e. The van der Waals surface area contributed by atoms with E-state index < -0.39 is 17.7 Å². The number of fused-ring (bicyclic) bond motifs is 9. The normalized spacial score (nSPS) is 23.8. The quantitative estimate of drug-likeness (QED) is 0.556. The third-order valence-corrected chi connectivity index (χ3v) is 9.29. The van der Waals surface area contributed by atoms with Gasteiger partial charge in [-0.15, -0.1) is 0 Å². The first-order valence-corrected chi connectivity index (χ1v) is 16.0. The zero-order valence-electron chi connectivity index (χ0n) is 26.5. The number of ether oxygens (including phenoxy) is 4. The molecule has 4 bridgehead atoms. The van der Waals surface area contributed by atoms with Crippen molar-refractivity contribution in [2.75, 3.05) is 53.0 Å². The van der Waals surface area contributed by atoms with E-state index in [0.29, 0.717) is 63.1 Å². The van der Waals surface area contributed by atoms with Crippen LogP contribution in [0.5, 0.6) is 17.2 Å². The number of carbonyl (C=O) groups excluding carboxylic acids is 3. The Morgan fingerprint density at radius 1 is 1.00 bits per heavy atom. The number of nitrogens with zero attached hydrogens (tertiary/aromatic N) is 3. The number of hydrogen-bond acceptors (Lipinski definition) is 8. The molecule has 0 unspecified atom stereocenters. The largest absolute Gasteiger partial charge is 0.493 e. The fourth-order valence-corrected chi connectivity index (χ4v) is 6.48. The number of rotatable bonds is 4. The predicted molar refractivity (Wildman–Crippen MR) is 166 cm³/mol. The van der Waals surface area contributed by atoms with Crippen LogP contribution in [0.15, 0.2) is 42.5 Å². The van der Waals surface area contributed by atoms with Gasteiger partial charge in [0.2, 0.25) is 17.7 Å². The molecular formula is C34H44N4O7. The van der Waals surface area contributed by atoms with Gasteiger partial charge in [-0.05, 0) is 68.5 Å².